The molecule has 1 rings (SSSR count). The molecule has 1 amide bonds. The number of carbonyl (C=O) groups excluding carboxylic acids is 1. The smallest absolute Gasteiger partial charge is 0.255 e. The quantitative estimate of drug-likeness (QED) is 0.775. The van der Waals surface area contributed by atoms with Gasteiger partial charge in [-0.3, -0.25) is 4.79 Å². The molecule has 0 bridgehead atoms. The summed E-state index contributed by atoms with van der Waals surface area (Å²) in [5.41, 5.74) is 0.434. The highest BCUT2D eigenvalue weighted by Crippen LogP contribution is 2.08. The average molecular weight is 321 g/mol. The van der Waals surface area contributed by atoms with Gasteiger partial charge in [-0.15, -0.1) is 0 Å². The molecule has 0 aliphatic rings. The Morgan fingerprint density at radius 1 is 1.47 bits per heavy atom. The van der Waals surface area contributed by atoms with Crippen molar-refractivity contribution in [2.45, 2.75) is 0 Å². The van der Waals surface area contributed by atoms with Gasteiger partial charge < -0.3 is 4.90 Å². The lowest BCUT2D eigenvalue weighted by molar-refractivity contribution is 0.0803. The number of nitrogens with zero attached hydrogens (tertiary/aromatic N) is 2. The van der Waals surface area contributed by atoms with Gasteiger partial charge in [0.15, 0.2) is 0 Å². The molecule has 0 saturated carbocycles. The van der Waals surface area contributed by atoms with E-state index in [9.17, 15) is 13.2 Å². The van der Waals surface area contributed by atoms with Crippen LogP contribution in [0, 0.1) is 0 Å². The first kappa shape index (κ1) is 14.1. The number of aromatic nitrogens is 1. The first-order valence-electron chi connectivity index (χ1n) is 4.84. The lowest BCUT2D eigenvalue weighted by Gasteiger charge is -2.16. The zero-order chi connectivity index (χ0) is 13.1. The highest BCUT2D eigenvalue weighted by Gasteiger charge is 2.13. The minimum Gasteiger partial charge on any atom is -0.341 e. The highest BCUT2D eigenvalue weighted by molar-refractivity contribution is 9.10. The standard InChI is InChI=1S/C10H13BrN2O3S/c1-13(5-6-17(2,15)16)10(14)8-3-4-9(11)12-7-8/h3-4,7H,5-6H2,1-2H3. The molecule has 17 heavy (non-hydrogen) atoms. The van der Waals surface area contributed by atoms with Crippen LogP contribution < -0.4 is 0 Å². The van der Waals surface area contributed by atoms with Crippen LogP contribution in [-0.2, 0) is 9.84 Å². The Hall–Kier alpha value is -0.950. The number of hydrogen-bond donors (Lipinski definition) is 0. The zero-order valence-corrected chi connectivity index (χ0v) is 12.0. The molecular weight excluding hydrogens is 308 g/mol. The van der Waals surface area contributed by atoms with Gasteiger partial charge in [0, 0.05) is 26.0 Å². The van der Waals surface area contributed by atoms with Crippen LogP contribution in [0.25, 0.3) is 0 Å². The maximum absolute atomic E-state index is 11.8. The topological polar surface area (TPSA) is 67.3 Å². The number of carbonyl (C=O) groups is 1. The molecule has 1 heterocycles. The normalized spacial score (nSPS) is 11.2. The molecule has 0 aliphatic heterocycles. The summed E-state index contributed by atoms with van der Waals surface area (Å²) in [7, 11) is -1.49. The molecule has 94 valence electrons. The molecule has 0 unspecified atom stereocenters. The molecule has 0 N–H and O–H groups in total. The van der Waals surface area contributed by atoms with Gasteiger partial charge in [0.05, 0.1) is 11.3 Å². The molecule has 0 saturated heterocycles. The van der Waals surface area contributed by atoms with Gasteiger partial charge in [0.2, 0.25) is 0 Å². The lowest BCUT2D eigenvalue weighted by Crippen LogP contribution is -2.31. The van der Waals surface area contributed by atoms with Crippen molar-refractivity contribution in [3.8, 4) is 0 Å². The van der Waals surface area contributed by atoms with E-state index in [1.165, 1.54) is 11.1 Å². The van der Waals surface area contributed by atoms with Gasteiger partial charge in [-0.1, -0.05) is 0 Å². The first-order valence-corrected chi connectivity index (χ1v) is 7.70. The van der Waals surface area contributed by atoms with Crippen LogP contribution in [0.1, 0.15) is 10.4 Å². The second kappa shape index (κ2) is 5.59. The number of pyridine rings is 1. The summed E-state index contributed by atoms with van der Waals surface area (Å²) >= 11 is 3.17. The molecule has 1 aromatic rings. The van der Waals surface area contributed by atoms with Gasteiger partial charge in [0.1, 0.15) is 14.4 Å². The molecule has 7 heteroatoms. The van der Waals surface area contributed by atoms with Crippen LogP contribution >= 0.6 is 15.9 Å². The maximum Gasteiger partial charge on any atom is 0.255 e. The number of amides is 1. The largest absolute Gasteiger partial charge is 0.341 e. The van der Waals surface area contributed by atoms with Crippen LogP contribution in [0.15, 0.2) is 22.9 Å². The summed E-state index contributed by atoms with van der Waals surface area (Å²) in [6.07, 6.45) is 2.59. The van der Waals surface area contributed by atoms with E-state index < -0.39 is 9.84 Å². The van der Waals surface area contributed by atoms with Crippen LogP contribution in [0.2, 0.25) is 0 Å². The van der Waals surface area contributed by atoms with E-state index in [1.807, 2.05) is 0 Å². The van der Waals surface area contributed by atoms with E-state index in [4.69, 9.17) is 0 Å². The van der Waals surface area contributed by atoms with Gasteiger partial charge in [0.25, 0.3) is 5.91 Å². The molecule has 1 aromatic heterocycles. The second-order valence-corrected chi connectivity index (χ2v) is 6.80. The van der Waals surface area contributed by atoms with Crippen molar-refractivity contribution in [3.63, 3.8) is 0 Å². The number of halogens is 1. The Balaban J connectivity index is 2.67. The monoisotopic (exact) mass is 320 g/mol. The van der Waals surface area contributed by atoms with E-state index in [0.29, 0.717) is 10.2 Å². The van der Waals surface area contributed by atoms with Crippen molar-refractivity contribution in [1.29, 1.82) is 0 Å². The predicted octanol–water partition coefficient (Wildman–Crippen LogP) is 0.961. The summed E-state index contributed by atoms with van der Waals surface area (Å²) in [6, 6.07) is 3.30. The summed E-state index contributed by atoms with van der Waals surface area (Å²) < 4.78 is 22.6. The molecule has 0 atom stereocenters. The first-order chi connectivity index (χ1) is 7.79. The fourth-order valence-electron chi connectivity index (χ4n) is 1.13. The van der Waals surface area contributed by atoms with Crippen LogP contribution in [0.3, 0.4) is 0 Å². The van der Waals surface area contributed by atoms with Crippen molar-refractivity contribution in [2.24, 2.45) is 0 Å². The Labute approximate surface area is 109 Å². The molecule has 0 aromatic carbocycles. The average Bonchev–Trinajstić information content (AvgIpc) is 2.25. The fraction of sp³-hybridized carbons (Fsp3) is 0.400. The highest BCUT2D eigenvalue weighted by atomic mass is 79.9. The van der Waals surface area contributed by atoms with Crippen molar-refractivity contribution in [2.75, 3.05) is 25.6 Å². The Morgan fingerprint density at radius 3 is 2.59 bits per heavy atom. The minimum atomic E-state index is -3.06. The third-order valence-electron chi connectivity index (χ3n) is 2.12. The van der Waals surface area contributed by atoms with E-state index in [0.717, 1.165) is 6.26 Å². The van der Waals surface area contributed by atoms with Crippen LogP contribution in [0.4, 0.5) is 0 Å². The molecule has 0 fully saturated rings. The lowest BCUT2D eigenvalue weighted by atomic mass is 10.2. The van der Waals surface area contributed by atoms with Gasteiger partial charge in [-0.25, -0.2) is 13.4 Å². The summed E-state index contributed by atoms with van der Waals surface area (Å²) in [6.45, 7) is 0.174. The van der Waals surface area contributed by atoms with E-state index in [1.54, 1.807) is 19.2 Å². The van der Waals surface area contributed by atoms with Crippen molar-refractivity contribution >= 4 is 31.7 Å². The maximum atomic E-state index is 11.8. The van der Waals surface area contributed by atoms with Crippen molar-refractivity contribution in [3.05, 3.63) is 28.5 Å². The SMILES string of the molecule is CN(CCS(C)(=O)=O)C(=O)c1ccc(Br)nc1. The van der Waals surface area contributed by atoms with Crippen molar-refractivity contribution < 1.29 is 13.2 Å². The van der Waals surface area contributed by atoms with Gasteiger partial charge >= 0.3 is 0 Å². The zero-order valence-electron chi connectivity index (χ0n) is 9.55. The van der Waals surface area contributed by atoms with Gasteiger partial charge in [-0.05, 0) is 28.1 Å². The Bertz CT molecular complexity index is 499. The molecule has 0 spiro atoms. The number of hydrogen-bond acceptors (Lipinski definition) is 4. The van der Waals surface area contributed by atoms with E-state index in [-0.39, 0.29) is 18.2 Å². The number of sulfone groups is 1. The van der Waals surface area contributed by atoms with E-state index >= 15 is 0 Å². The van der Waals surface area contributed by atoms with E-state index in [2.05, 4.69) is 20.9 Å². The Kier molecular flexibility index (Phi) is 4.64. The Morgan fingerprint density at radius 2 is 2.12 bits per heavy atom. The number of rotatable bonds is 4. The predicted molar refractivity (Wildman–Crippen MR) is 68.6 cm³/mol. The van der Waals surface area contributed by atoms with Crippen LogP contribution in [-0.4, -0.2) is 49.8 Å². The molecule has 5 nitrogen and oxygen atoms in total. The van der Waals surface area contributed by atoms with Crippen LogP contribution in [0.5, 0.6) is 0 Å². The summed E-state index contributed by atoms with van der Waals surface area (Å²) in [5.74, 6) is -0.284. The van der Waals surface area contributed by atoms with Gasteiger partial charge in [-0.2, -0.15) is 0 Å². The third-order valence-corrected chi connectivity index (χ3v) is 3.51. The second-order valence-electron chi connectivity index (χ2n) is 3.73. The minimum absolute atomic E-state index is 0.0425. The summed E-state index contributed by atoms with van der Waals surface area (Å²) in [5, 5.41) is 0. The fourth-order valence-corrected chi connectivity index (χ4v) is 1.97. The molecule has 0 radical (unpaired) electrons. The molecule has 0 aliphatic carbocycles. The molecular formula is C10H13BrN2O3S. The third kappa shape index (κ3) is 4.82. The van der Waals surface area contributed by atoms with Crippen molar-refractivity contribution in [1.82, 2.24) is 9.88 Å². The summed E-state index contributed by atoms with van der Waals surface area (Å²) in [4.78, 5) is 17.2.